The Hall–Kier alpha value is -0.650. The second kappa shape index (κ2) is 3.84. The topological polar surface area (TPSA) is 81.6 Å². The third-order valence-electron chi connectivity index (χ3n) is 2.88. The van der Waals surface area contributed by atoms with E-state index in [2.05, 4.69) is 10.6 Å². The molecule has 5 heteroatoms. The zero-order valence-corrected chi connectivity index (χ0v) is 7.94. The molecule has 0 radical (unpaired) electrons. The number of hydrogen-bond donors (Lipinski definition) is 4. The van der Waals surface area contributed by atoms with Crippen molar-refractivity contribution in [3.8, 4) is 0 Å². The summed E-state index contributed by atoms with van der Waals surface area (Å²) in [5.41, 5.74) is 0. The lowest BCUT2D eigenvalue weighted by Crippen LogP contribution is -2.51. The summed E-state index contributed by atoms with van der Waals surface area (Å²) in [6.45, 7) is 0.491. The first kappa shape index (κ1) is 9.89. The van der Waals surface area contributed by atoms with Crippen molar-refractivity contribution >= 4 is 5.91 Å². The molecule has 1 aliphatic heterocycles. The standard InChI is InChI=1S/C9H16N2O3/c12-6-1-5(2-6)11-9(14)8-3-7(13)4-10-8/h5-8,10,12-13H,1-4H2,(H,11,14). The van der Waals surface area contributed by atoms with Gasteiger partial charge in [0.05, 0.1) is 18.2 Å². The van der Waals surface area contributed by atoms with Crippen LogP contribution in [-0.2, 0) is 4.79 Å². The number of β-amino-alcohol motifs (C(OH)–C–C–N with tert-alkyl or cyclic N) is 1. The Morgan fingerprint density at radius 1 is 1.21 bits per heavy atom. The van der Waals surface area contributed by atoms with E-state index in [1.165, 1.54) is 0 Å². The summed E-state index contributed by atoms with van der Waals surface area (Å²) in [4.78, 5) is 11.5. The molecule has 2 unspecified atom stereocenters. The van der Waals surface area contributed by atoms with Gasteiger partial charge in [0.15, 0.2) is 0 Å². The van der Waals surface area contributed by atoms with Gasteiger partial charge in [-0.1, -0.05) is 0 Å². The fraction of sp³-hybridized carbons (Fsp3) is 0.889. The Bertz CT molecular complexity index is 228. The molecule has 1 saturated carbocycles. The Labute approximate surface area is 82.5 Å². The van der Waals surface area contributed by atoms with Crippen molar-refractivity contribution in [1.82, 2.24) is 10.6 Å². The third kappa shape index (κ3) is 2.05. The number of amides is 1. The van der Waals surface area contributed by atoms with Crippen LogP contribution in [0.2, 0.25) is 0 Å². The molecule has 5 nitrogen and oxygen atoms in total. The molecule has 0 spiro atoms. The van der Waals surface area contributed by atoms with E-state index < -0.39 is 6.10 Å². The molecule has 2 fully saturated rings. The van der Waals surface area contributed by atoms with E-state index in [9.17, 15) is 9.90 Å². The number of hydrogen-bond acceptors (Lipinski definition) is 4. The van der Waals surface area contributed by atoms with Crippen LogP contribution in [-0.4, -0.2) is 47.0 Å². The SMILES string of the molecule is O=C(NC1CC(O)C1)C1CC(O)CN1. The molecule has 1 aliphatic carbocycles. The fourth-order valence-corrected chi connectivity index (χ4v) is 1.92. The van der Waals surface area contributed by atoms with Crippen LogP contribution < -0.4 is 10.6 Å². The molecular weight excluding hydrogens is 184 g/mol. The predicted octanol–water partition coefficient (Wildman–Crippen LogP) is -1.65. The molecule has 0 bridgehead atoms. The molecule has 14 heavy (non-hydrogen) atoms. The number of nitrogens with one attached hydrogen (secondary N) is 2. The van der Waals surface area contributed by atoms with Gasteiger partial charge in [0, 0.05) is 12.6 Å². The van der Waals surface area contributed by atoms with Crippen LogP contribution in [0.1, 0.15) is 19.3 Å². The van der Waals surface area contributed by atoms with Gasteiger partial charge < -0.3 is 20.8 Å². The summed E-state index contributed by atoms with van der Waals surface area (Å²) in [6, 6.07) is -0.139. The lowest BCUT2D eigenvalue weighted by molar-refractivity contribution is -0.125. The normalized spacial score (nSPS) is 41.9. The predicted molar refractivity (Wildman–Crippen MR) is 49.6 cm³/mol. The van der Waals surface area contributed by atoms with Crippen molar-refractivity contribution < 1.29 is 15.0 Å². The number of aliphatic hydroxyl groups is 2. The molecule has 80 valence electrons. The van der Waals surface area contributed by atoms with Crippen molar-refractivity contribution in [2.24, 2.45) is 0 Å². The first-order valence-electron chi connectivity index (χ1n) is 5.05. The maximum absolute atomic E-state index is 11.5. The Morgan fingerprint density at radius 3 is 2.43 bits per heavy atom. The van der Waals surface area contributed by atoms with Crippen molar-refractivity contribution in [3.63, 3.8) is 0 Å². The van der Waals surface area contributed by atoms with Gasteiger partial charge in [0.1, 0.15) is 0 Å². The fourth-order valence-electron chi connectivity index (χ4n) is 1.92. The molecule has 2 atom stereocenters. The lowest BCUT2D eigenvalue weighted by Gasteiger charge is -2.32. The number of rotatable bonds is 2. The van der Waals surface area contributed by atoms with Crippen LogP contribution in [0.5, 0.6) is 0 Å². The summed E-state index contributed by atoms with van der Waals surface area (Å²) >= 11 is 0. The van der Waals surface area contributed by atoms with Crippen molar-refractivity contribution in [2.75, 3.05) is 6.54 Å². The Morgan fingerprint density at radius 2 is 1.93 bits per heavy atom. The van der Waals surface area contributed by atoms with Gasteiger partial charge in [-0.05, 0) is 19.3 Å². The van der Waals surface area contributed by atoms with Crippen LogP contribution in [0.3, 0.4) is 0 Å². The molecular formula is C9H16N2O3. The molecule has 0 aromatic rings. The van der Waals surface area contributed by atoms with E-state index in [0.29, 0.717) is 25.8 Å². The Kier molecular flexibility index (Phi) is 2.71. The second-order valence-corrected chi connectivity index (χ2v) is 4.18. The average Bonchev–Trinajstić information content (AvgIpc) is 2.49. The van der Waals surface area contributed by atoms with E-state index in [-0.39, 0.29) is 24.1 Å². The van der Waals surface area contributed by atoms with Gasteiger partial charge in [0.2, 0.25) is 5.91 Å². The van der Waals surface area contributed by atoms with Gasteiger partial charge in [-0.15, -0.1) is 0 Å². The molecule has 1 saturated heterocycles. The summed E-state index contributed by atoms with van der Waals surface area (Å²) in [6.07, 6.45) is 1.14. The van der Waals surface area contributed by atoms with Gasteiger partial charge >= 0.3 is 0 Å². The zero-order valence-electron chi connectivity index (χ0n) is 7.94. The van der Waals surface area contributed by atoms with E-state index in [0.717, 1.165) is 0 Å². The lowest BCUT2D eigenvalue weighted by atomic mass is 9.89. The summed E-state index contributed by atoms with van der Waals surface area (Å²) < 4.78 is 0. The molecule has 0 aromatic carbocycles. The summed E-state index contributed by atoms with van der Waals surface area (Å²) in [5, 5.41) is 24.0. The first-order valence-corrected chi connectivity index (χ1v) is 5.05. The van der Waals surface area contributed by atoms with Gasteiger partial charge in [-0.25, -0.2) is 0 Å². The molecule has 0 aromatic heterocycles. The highest BCUT2D eigenvalue weighted by molar-refractivity contribution is 5.82. The van der Waals surface area contributed by atoms with E-state index in [1.54, 1.807) is 0 Å². The molecule has 1 heterocycles. The van der Waals surface area contributed by atoms with Crippen molar-refractivity contribution in [2.45, 2.75) is 43.6 Å². The van der Waals surface area contributed by atoms with E-state index >= 15 is 0 Å². The molecule has 4 N–H and O–H groups in total. The van der Waals surface area contributed by atoms with Crippen molar-refractivity contribution in [1.29, 1.82) is 0 Å². The maximum atomic E-state index is 11.5. The van der Waals surface area contributed by atoms with Crippen molar-refractivity contribution in [3.05, 3.63) is 0 Å². The number of aliphatic hydroxyl groups excluding tert-OH is 2. The van der Waals surface area contributed by atoms with Crippen LogP contribution in [0.4, 0.5) is 0 Å². The minimum atomic E-state index is -0.405. The Balaban J connectivity index is 1.73. The quantitative estimate of drug-likeness (QED) is 0.430. The first-order chi connectivity index (χ1) is 6.65. The second-order valence-electron chi connectivity index (χ2n) is 4.18. The largest absolute Gasteiger partial charge is 0.393 e. The van der Waals surface area contributed by atoms with E-state index in [4.69, 9.17) is 5.11 Å². The monoisotopic (exact) mass is 200 g/mol. The number of carbonyl (C=O) groups is 1. The molecule has 2 rings (SSSR count). The molecule has 1 amide bonds. The third-order valence-corrected chi connectivity index (χ3v) is 2.88. The smallest absolute Gasteiger partial charge is 0.237 e. The van der Waals surface area contributed by atoms with Crippen LogP contribution >= 0.6 is 0 Å². The molecule has 2 aliphatic rings. The van der Waals surface area contributed by atoms with Crippen LogP contribution in [0, 0.1) is 0 Å². The summed E-state index contributed by atoms with van der Waals surface area (Å²) in [7, 11) is 0. The van der Waals surface area contributed by atoms with E-state index in [1.807, 2.05) is 0 Å². The van der Waals surface area contributed by atoms with Gasteiger partial charge in [0.25, 0.3) is 0 Å². The van der Waals surface area contributed by atoms with Crippen LogP contribution in [0.15, 0.2) is 0 Å². The highest BCUT2D eigenvalue weighted by Gasteiger charge is 2.33. The minimum absolute atomic E-state index is 0.0570. The average molecular weight is 200 g/mol. The zero-order chi connectivity index (χ0) is 10.1. The summed E-state index contributed by atoms with van der Waals surface area (Å²) in [5.74, 6) is -0.0570. The number of carbonyl (C=O) groups excluding carboxylic acids is 1. The highest BCUT2D eigenvalue weighted by Crippen LogP contribution is 2.19. The van der Waals surface area contributed by atoms with Crippen LogP contribution in [0.25, 0.3) is 0 Å². The van der Waals surface area contributed by atoms with Gasteiger partial charge in [-0.2, -0.15) is 0 Å². The highest BCUT2D eigenvalue weighted by atomic mass is 16.3. The minimum Gasteiger partial charge on any atom is -0.393 e. The van der Waals surface area contributed by atoms with Gasteiger partial charge in [-0.3, -0.25) is 4.79 Å². The maximum Gasteiger partial charge on any atom is 0.237 e.